The summed E-state index contributed by atoms with van der Waals surface area (Å²) in [5, 5.41) is 0. The first-order valence-corrected chi connectivity index (χ1v) is 4.22. The molecule has 0 N–H and O–H groups in total. The molecular formula is C8H8F3P. The SMILES string of the molecule is FC(F)(F)c1ccccc1CP. The van der Waals surface area contributed by atoms with Crippen LogP contribution in [0.4, 0.5) is 13.2 Å². The smallest absolute Gasteiger partial charge is 0.166 e. The lowest BCUT2D eigenvalue weighted by Crippen LogP contribution is -2.07. The van der Waals surface area contributed by atoms with Gasteiger partial charge in [0.25, 0.3) is 0 Å². The van der Waals surface area contributed by atoms with Gasteiger partial charge in [-0.05, 0) is 17.8 Å². The van der Waals surface area contributed by atoms with Gasteiger partial charge in [0.2, 0.25) is 0 Å². The van der Waals surface area contributed by atoms with Crippen LogP contribution in [-0.4, -0.2) is 0 Å². The van der Waals surface area contributed by atoms with Crippen molar-refractivity contribution in [1.29, 1.82) is 0 Å². The Labute approximate surface area is 71.0 Å². The van der Waals surface area contributed by atoms with E-state index in [-0.39, 0.29) is 0 Å². The van der Waals surface area contributed by atoms with E-state index < -0.39 is 11.7 Å². The first-order chi connectivity index (χ1) is 5.55. The largest absolute Gasteiger partial charge is 0.416 e. The second-order valence-electron chi connectivity index (χ2n) is 2.36. The third-order valence-electron chi connectivity index (χ3n) is 1.54. The molecule has 0 aromatic heterocycles. The molecule has 0 aliphatic carbocycles. The Morgan fingerprint density at radius 1 is 1.17 bits per heavy atom. The topological polar surface area (TPSA) is 0 Å². The van der Waals surface area contributed by atoms with E-state index in [4.69, 9.17) is 0 Å². The van der Waals surface area contributed by atoms with Crippen molar-refractivity contribution in [3.8, 4) is 0 Å². The summed E-state index contributed by atoms with van der Waals surface area (Å²) in [6.07, 6.45) is -3.90. The Bertz CT molecular complexity index is 267. The van der Waals surface area contributed by atoms with E-state index in [1.807, 2.05) is 0 Å². The van der Waals surface area contributed by atoms with Crippen molar-refractivity contribution < 1.29 is 13.2 Å². The monoisotopic (exact) mass is 192 g/mol. The van der Waals surface area contributed by atoms with Crippen LogP contribution in [0.15, 0.2) is 24.3 Å². The Morgan fingerprint density at radius 3 is 2.17 bits per heavy atom. The number of halogens is 3. The van der Waals surface area contributed by atoms with Gasteiger partial charge < -0.3 is 0 Å². The van der Waals surface area contributed by atoms with Gasteiger partial charge in [-0.25, -0.2) is 0 Å². The van der Waals surface area contributed by atoms with Crippen molar-refractivity contribution in [1.82, 2.24) is 0 Å². The molecule has 1 aromatic carbocycles. The summed E-state index contributed by atoms with van der Waals surface area (Å²) >= 11 is 0. The number of benzene rings is 1. The molecule has 0 saturated heterocycles. The van der Waals surface area contributed by atoms with Gasteiger partial charge in [0, 0.05) is 0 Å². The third kappa shape index (κ3) is 1.98. The maximum atomic E-state index is 12.2. The fraction of sp³-hybridized carbons (Fsp3) is 0.250. The van der Waals surface area contributed by atoms with E-state index in [1.54, 1.807) is 6.07 Å². The Hall–Kier alpha value is -0.560. The van der Waals surface area contributed by atoms with Gasteiger partial charge in [0.05, 0.1) is 5.56 Å². The molecule has 1 unspecified atom stereocenters. The zero-order chi connectivity index (χ0) is 9.19. The molecule has 0 fully saturated rings. The third-order valence-corrected chi connectivity index (χ3v) is 1.98. The zero-order valence-corrected chi connectivity index (χ0v) is 7.38. The molecule has 12 heavy (non-hydrogen) atoms. The number of rotatable bonds is 1. The Balaban J connectivity index is 3.14. The molecule has 0 spiro atoms. The quantitative estimate of drug-likeness (QED) is 0.600. The second-order valence-corrected chi connectivity index (χ2v) is 2.77. The highest BCUT2D eigenvalue weighted by Gasteiger charge is 2.32. The fourth-order valence-corrected chi connectivity index (χ4v) is 1.33. The number of alkyl halides is 3. The Kier molecular flexibility index (Phi) is 2.73. The summed E-state index contributed by atoms with van der Waals surface area (Å²) in [7, 11) is 2.29. The van der Waals surface area contributed by atoms with Gasteiger partial charge in [0.1, 0.15) is 0 Å². The molecule has 4 heteroatoms. The highest BCUT2D eigenvalue weighted by atomic mass is 31.0. The van der Waals surface area contributed by atoms with Gasteiger partial charge in [-0.1, -0.05) is 18.2 Å². The number of hydrogen-bond donors (Lipinski definition) is 0. The maximum Gasteiger partial charge on any atom is 0.416 e. The van der Waals surface area contributed by atoms with Crippen LogP contribution in [0.1, 0.15) is 11.1 Å². The lowest BCUT2D eigenvalue weighted by Gasteiger charge is -2.10. The molecule has 0 nitrogen and oxygen atoms in total. The Morgan fingerprint density at radius 2 is 1.75 bits per heavy atom. The molecule has 0 radical (unpaired) electrons. The summed E-state index contributed by atoms with van der Waals surface area (Å²) in [5.41, 5.74) is -0.227. The van der Waals surface area contributed by atoms with Crippen molar-refractivity contribution in [2.24, 2.45) is 0 Å². The lowest BCUT2D eigenvalue weighted by atomic mass is 10.1. The average molecular weight is 192 g/mol. The zero-order valence-electron chi connectivity index (χ0n) is 6.23. The molecule has 0 heterocycles. The van der Waals surface area contributed by atoms with Gasteiger partial charge in [-0.3, -0.25) is 0 Å². The highest BCUT2D eigenvalue weighted by Crippen LogP contribution is 2.32. The van der Waals surface area contributed by atoms with Gasteiger partial charge in [-0.15, -0.1) is 9.24 Å². The standard InChI is InChI=1S/C8H8F3P/c9-8(10,11)7-4-2-1-3-6(7)5-12/h1-4H,5,12H2. The minimum atomic E-state index is -4.23. The minimum Gasteiger partial charge on any atom is -0.166 e. The predicted octanol–water partition coefficient (Wildman–Crippen LogP) is 3.08. The van der Waals surface area contributed by atoms with Crippen LogP contribution in [-0.2, 0) is 12.3 Å². The van der Waals surface area contributed by atoms with Crippen molar-refractivity contribution in [2.45, 2.75) is 12.3 Å². The highest BCUT2D eigenvalue weighted by molar-refractivity contribution is 7.15. The molecule has 1 aromatic rings. The van der Waals surface area contributed by atoms with E-state index >= 15 is 0 Å². The van der Waals surface area contributed by atoms with Crippen molar-refractivity contribution >= 4 is 9.24 Å². The summed E-state index contributed by atoms with van der Waals surface area (Å²) in [6.45, 7) is 0. The fourth-order valence-electron chi connectivity index (χ4n) is 0.975. The molecule has 0 bridgehead atoms. The number of hydrogen-bond acceptors (Lipinski definition) is 0. The van der Waals surface area contributed by atoms with Crippen LogP contribution >= 0.6 is 9.24 Å². The second kappa shape index (κ2) is 3.44. The molecule has 1 atom stereocenters. The summed E-state index contributed by atoms with van der Waals surface area (Å²) in [5.74, 6) is 0. The summed E-state index contributed by atoms with van der Waals surface area (Å²) < 4.78 is 36.7. The average Bonchev–Trinajstić information content (AvgIpc) is 2.03. The molecule has 0 saturated carbocycles. The van der Waals surface area contributed by atoms with Crippen LogP contribution < -0.4 is 0 Å². The summed E-state index contributed by atoms with van der Waals surface area (Å²) in [6, 6.07) is 5.58. The molecule has 1 rings (SSSR count). The van der Waals surface area contributed by atoms with Crippen molar-refractivity contribution in [2.75, 3.05) is 0 Å². The molecule has 0 aliphatic rings. The maximum absolute atomic E-state index is 12.2. The first-order valence-electron chi connectivity index (χ1n) is 3.41. The lowest BCUT2D eigenvalue weighted by molar-refractivity contribution is -0.138. The van der Waals surface area contributed by atoms with E-state index in [0.29, 0.717) is 11.7 Å². The van der Waals surface area contributed by atoms with Crippen molar-refractivity contribution in [3.05, 3.63) is 35.4 Å². The normalized spacial score (nSPS) is 11.7. The van der Waals surface area contributed by atoms with Crippen LogP contribution in [0.3, 0.4) is 0 Å². The minimum absolute atomic E-state index is 0.315. The predicted molar refractivity (Wildman–Crippen MR) is 44.9 cm³/mol. The van der Waals surface area contributed by atoms with Crippen LogP contribution in [0.25, 0.3) is 0 Å². The van der Waals surface area contributed by atoms with E-state index in [0.717, 1.165) is 6.07 Å². The first kappa shape index (κ1) is 9.53. The van der Waals surface area contributed by atoms with Crippen molar-refractivity contribution in [3.63, 3.8) is 0 Å². The van der Waals surface area contributed by atoms with Crippen LogP contribution in [0, 0.1) is 0 Å². The van der Waals surface area contributed by atoms with E-state index in [2.05, 4.69) is 9.24 Å². The van der Waals surface area contributed by atoms with Gasteiger partial charge >= 0.3 is 6.18 Å². The van der Waals surface area contributed by atoms with E-state index in [9.17, 15) is 13.2 Å². The molecule has 0 amide bonds. The molecule has 66 valence electrons. The summed E-state index contributed by atoms with van der Waals surface area (Å²) in [4.78, 5) is 0. The van der Waals surface area contributed by atoms with Gasteiger partial charge in [-0.2, -0.15) is 13.2 Å². The van der Waals surface area contributed by atoms with Crippen LogP contribution in [0.2, 0.25) is 0 Å². The van der Waals surface area contributed by atoms with Gasteiger partial charge in [0.15, 0.2) is 0 Å². The van der Waals surface area contributed by atoms with E-state index in [1.165, 1.54) is 12.1 Å². The molecular weight excluding hydrogens is 184 g/mol. The van der Waals surface area contributed by atoms with Crippen LogP contribution in [0.5, 0.6) is 0 Å². The molecule has 0 aliphatic heterocycles.